The Morgan fingerprint density at radius 3 is 2.28 bits per heavy atom. The molecule has 18 heavy (non-hydrogen) atoms. The summed E-state index contributed by atoms with van der Waals surface area (Å²) in [4.78, 5) is 13.5. The van der Waals surface area contributed by atoms with Crippen LogP contribution in [0.15, 0.2) is 54.6 Å². The molecule has 0 aliphatic carbocycles. The maximum absolute atomic E-state index is 12.0. The van der Waals surface area contributed by atoms with Gasteiger partial charge in [-0.15, -0.1) is 11.6 Å². The largest absolute Gasteiger partial charge is 0.280 e. The molecule has 0 saturated carbocycles. The minimum Gasteiger partial charge on any atom is -0.280 e. The van der Waals surface area contributed by atoms with Gasteiger partial charge in [-0.3, -0.25) is 9.69 Å². The van der Waals surface area contributed by atoms with Gasteiger partial charge in [-0.25, -0.2) is 0 Å². The Labute approximate surface area is 116 Å². The quantitative estimate of drug-likeness (QED) is 0.770. The molecule has 0 atom stereocenters. The maximum Gasteiger partial charge on any atom is 0.246 e. The van der Waals surface area contributed by atoms with Crippen molar-refractivity contribution in [1.82, 2.24) is 0 Å². The zero-order valence-corrected chi connectivity index (χ0v) is 11.0. The second kappa shape index (κ2) is 5.89. The Morgan fingerprint density at radius 1 is 1.00 bits per heavy atom. The number of para-hydroxylation sites is 1. The summed E-state index contributed by atoms with van der Waals surface area (Å²) in [5.74, 6) is -0.272. The van der Waals surface area contributed by atoms with E-state index in [1.54, 1.807) is 23.1 Å². The molecule has 2 nitrogen and oxygen atoms in total. The van der Waals surface area contributed by atoms with Crippen LogP contribution in [-0.4, -0.2) is 11.8 Å². The standard InChI is InChI=1S/C14H11Cl2NO/c15-10-14(18)17(12-6-2-1-3-7-12)13-8-4-5-11(16)9-13/h1-9H,10H2. The van der Waals surface area contributed by atoms with Crippen LogP contribution in [0.3, 0.4) is 0 Å². The summed E-state index contributed by atoms with van der Waals surface area (Å²) in [6.45, 7) is 0. The lowest BCUT2D eigenvalue weighted by molar-refractivity contribution is -0.115. The van der Waals surface area contributed by atoms with E-state index in [4.69, 9.17) is 23.2 Å². The monoisotopic (exact) mass is 279 g/mol. The van der Waals surface area contributed by atoms with Gasteiger partial charge < -0.3 is 0 Å². The fraction of sp³-hybridized carbons (Fsp3) is 0.0714. The molecule has 0 N–H and O–H groups in total. The smallest absolute Gasteiger partial charge is 0.246 e. The van der Waals surface area contributed by atoms with Crippen molar-refractivity contribution < 1.29 is 4.79 Å². The summed E-state index contributed by atoms with van der Waals surface area (Å²) in [5.41, 5.74) is 1.48. The van der Waals surface area contributed by atoms with Gasteiger partial charge in [0, 0.05) is 10.7 Å². The maximum atomic E-state index is 12.0. The highest BCUT2D eigenvalue weighted by atomic mass is 35.5. The van der Waals surface area contributed by atoms with E-state index in [1.165, 1.54) is 0 Å². The van der Waals surface area contributed by atoms with Crippen molar-refractivity contribution in [3.05, 3.63) is 59.6 Å². The molecular weight excluding hydrogens is 269 g/mol. The zero-order valence-electron chi connectivity index (χ0n) is 9.51. The van der Waals surface area contributed by atoms with Crippen molar-refractivity contribution >= 4 is 40.5 Å². The zero-order chi connectivity index (χ0) is 13.0. The predicted molar refractivity (Wildman–Crippen MR) is 75.8 cm³/mol. The molecule has 2 rings (SSSR count). The number of amides is 1. The van der Waals surface area contributed by atoms with Crippen molar-refractivity contribution in [1.29, 1.82) is 0 Å². The Kier molecular flexibility index (Phi) is 4.24. The summed E-state index contributed by atoms with van der Waals surface area (Å²) >= 11 is 11.6. The lowest BCUT2D eigenvalue weighted by Crippen LogP contribution is -2.26. The van der Waals surface area contributed by atoms with E-state index in [0.717, 1.165) is 5.69 Å². The molecule has 1 amide bonds. The lowest BCUT2D eigenvalue weighted by atomic mass is 10.2. The molecule has 0 bridgehead atoms. The predicted octanol–water partition coefficient (Wildman–Crippen LogP) is 4.24. The highest BCUT2D eigenvalue weighted by Crippen LogP contribution is 2.27. The van der Waals surface area contributed by atoms with Crippen molar-refractivity contribution in [3.8, 4) is 0 Å². The van der Waals surface area contributed by atoms with Crippen LogP contribution in [0.2, 0.25) is 5.02 Å². The summed E-state index contributed by atoms with van der Waals surface area (Å²) in [6.07, 6.45) is 0. The number of anilines is 2. The average Bonchev–Trinajstić information content (AvgIpc) is 2.40. The van der Waals surface area contributed by atoms with E-state index in [1.807, 2.05) is 36.4 Å². The van der Waals surface area contributed by atoms with Gasteiger partial charge in [-0.2, -0.15) is 0 Å². The first-order chi connectivity index (χ1) is 8.72. The Bertz CT molecular complexity index is 543. The molecular formula is C14H11Cl2NO. The number of hydrogen-bond donors (Lipinski definition) is 0. The van der Waals surface area contributed by atoms with E-state index >= 15 is 0 Å². The lowest BCUT2D eigenvalue weighted by Gasteiger charge is -2.22. The number of carbonyl (C=O) groups excluding carboxylic acids is 1. The summed E-state index contributed by atoms with van der Waals surface area (Å²) in [5, 5.41) is 0.579. The Balaban J connectivity index is 2.47. The first-order valence-electron chi connectivity index (χ1n) is 5.42. The van der Waals surface area contributed by atoms with Crippen LogP contribution in [0.25, 0.3) is 0 Å². The highest BCUT2D eigenvalue weighted by Gasteiger charge is 2.16. The number of rotatable bonds is 3. The number of carbonyl (C=O) groups is 1. The van der Waals surface area contributed by atoms with Crippen LogP contribution in [-0.2, 0) is 4.79 Å². The third-order valence-corrected chi connectivity index (χ3v) is 2.91. The number of nitrogens with zero attached hydrogens (tertiary/aromatic N) is 1. The average molecular weight is 280 g/mol. The number of alkyl halides is 1. The fourth-order valence-corrected chi connectivity index (χ4v) is 1.99. The summed E-state index contributed by atoms with van der Waals surface area (Å²) in [7, 11) is 0. The van der Waals surface area contributed by atoms with Crippen molar-refractivity contribution in [3.63, 3.8) is 0 Å². The van der Waals surface area contributed by atoms with Gasteiger partial charge in [0.05, 0.1) is 5.69 Å². The third-order valence-electron chi connectivity index (χ3n) is 2.44. The topological polar surface area (TPSA) is 20.3 Å². The third kappa shape index (κ3) is 2.84. The molecule has 0 aliphatic rings. The van der Waals surface area contributed by atoms with Gasteiger partial charge in [0.1, 0.15) is 5.88 Å². The Morgan fingerprint density at radius 2 is 1.67 bits per heavy atom. The van der Waals surface area contributed by atoms with Crippen molar-refractivity contribution in [2.24, 2.45) is 0 Å². The first-order valence-corrected chi connectivity index (χ1v) is 6.33. The van der Waals surface area contributed by atoms with Gasteiger partial charge in [0.15, 0.2) is 0 Å². The molecule has 0 fully saturated rings. The van der Waals surface area contributed by atoms with Crippen molar-refractivity contribution in [2.45, 2.75) is 0 Å². The normalized spacial score (nSPS) is 10.1. The van der Waals surface area contributed by atoms with E-state index in [2.05, 4.69) is 0 Å². The van der Waals surface area contributed by atoms with E-state index < -0.39 is 0 Å². The van der Waals surface area contributed by atoms with Gasteiger partial charge in [-0.1, -0.05) is 35.9 Å². The molecule has 2 aromatic rings. The van der Waals surface area contributed by atoms with Gasteiger partial charge in [-0.05, 0) is 30.3 Å². The van der Waals surface area contributed by atoms with E-state index in [0.29, 0.717) is 10.7 Å². The van der Waals surface area contributed by atoms with E-state index in [9.17, 15) is 4.79 Å². The minimum atomic E-state index is -0.190. The fourth-order valence-electron chi connectivity index (χ4n) is 1.69. The molecule has 0 aliphatic heterocycles. The van der Waals surface area contributed by atoms with Gasteiger partial charge >= 0.3 is 0 Å². The molecule has 0 spiro atoms. The molecule has 0 radical (unpaired) electrons. The van der Waals surface area contributed by atoms with Crippen LogP contribution in [0, 0.1) is 0 Å². The minimum absolute atomic E-state index is 0.0819. The van der Waals surface area contributed by atoms with Crippen LogP contribution < -0.4 is 4.90 Å². The number of benzene rings is 2. The molecule has 2 aromatic carbocycles. The molecule has 92 valence electrons. The molecule has 0 aromatic heterocycles. The molecule has 4 heteroatoms. The SMILES string of the molecule is O=C(CCl)N(c1ccccc1)c1cccc(Cl)c1. The van der Waals surface area contributed by atoms with Crippen LogP contribution >= 0.6 is 23.2 Å². The second-order valence-electron chi connectivity index (χ2n) is 3.68. The summed E-state index contributed by atoms with van der Waals surface area (Å²) in [6, 6.07) is 16.5. The van der Waals surface area contributed by atoms with Gasteiger partial charge in [0.2, 0.25) is 5.91 Å². The summed E-state index contributed by atoms with van der Waals surface area (Å²) < 4.78 is 0. The molecule has 0 heterocycles. The molecule has 0 saturated heterocycles. The van der Waals surface area contributed by atoms with Gasteiger partial charge in [0.25, 0.3) is 0 Å². The second-order valence-corrected chi connectivity index (χ2v) is 4.38. The van der Waals surface area contributed by atoms with Crippen LogP contribution in [0.4, 0.5) is 11.4 Å². The first kappa shape index (κ1) is 12.9. The molecule has 0 unspecified atom stereocenters. The number of halogens is 2. The number of hydrogen-bond acceptors (Lipinski definition) is 1. The van der Waals surface area contributed by atoms with Crippen LogP contribution in [0.5, 0.6) is 0 Å². The highest BCUT2D eigenvalue weighted by molar-refractivity contribution is 6.32. The van der Waals surface area contributed by atoms with Crippen LogP contribution in [0.1, 0.15) is 0 Å². The van der Waals surface area contributed by atoms with Crippen molar-refractivity contribution in [2.75, 3.05) is 10.8 Å². The Hall–Kier alpha value is -1.51. The van der Waals surface area contributed by atoms with E-state index in [-0.39, 0.29) is 11.8 Å².